The van der Waals surface area contributed by atoms with E-state index in [1.807, 2.05) is 95.6 Å². The quantitative estimate of drug-likeness (QED) is 0.206. The van der Waals surface area contributed by atoms with E-state index in [2.05, 4.69) is 20.3 Å². The lowest BCUT2D eigenvalue weighted by molar-refractivity contribution is -0.138. The Labute approximate surface area is 210 Å². The lowest BCUT2D eigenvalue weighted by Crippen LogP contribution is -2.37. The molecule has 0 aliphatic heterocycles. The van der Waals surface area contributed by atoms with Crippen LogP contribution in [0.15, 0.2) is 97.3 Å². The first-order chi connectivity index (χ1) is 17.3. The highest BCUT2D eigenvalue weighted by atomic mass is 35.5. The minimum Gasteiger partial charge on any atom is -0.343 e. The lowest BCUT2D eigenvalue weighted by atomic mass is 9.76. The molecular formula is C27H21ClF3N5. The molecule has 0 spiro atoms. The van der Waals surface area contributed by atoms with Gasteiger partial charge in [-0.2, -0.15) is 23.1 Å². The van der Waals surface area contributed by atoms with E-state index in [0.29, 0.717) is 5.65 Å². The van der Waals surface area contributed by atoms with Crippen molar-refractivity contribution < 1.29 is 13.2 Å². The molecule has 2 aromatic heterocycles. The van der Waals surface area contributed by atoms with Crippen molar-refractivity contribution in [1.29, 1.82) is 0 Å². The van der Waals surface area contributed by atoms with Crippen molar-refractivity contribution in [2.45, 2.75) is 24.7 Å². The molecule has 1 N–H and O–H groups in total. The molecule has 5 nitrogen and oxygen atoms in total. The zero-order valence-corrected chi connectivity index (χ0v) is 19.9. The Hall–Kier alpha value is -3.91. The molecule has 0 bridgehead atoms. The van der Waals surface area contributed by atoms with Gasteiger partial charge < -0.3 is 5.32 Å². The highest BCUT2D eigenvalue weighted by molar-refractivity contribution is 6.33. The predicted octanol–water partition coefficient (Wildman–Crippen LogP) is 6.68. The lowest BCUT2D eigenvalue weighted by Gasteiger charge is -2.37. The average Bonchev–Trinajstić information content (AvgIpc) is 3.31. The molecule has 0 amide bonds. The Bertz CT molecular complexity index is 1380. The van der Waals surface area contributed by atoms with E-state index in [9.17, 15) is 13.2 Å². The number of nitrogens with one attached hydrogen (secondary N) is 1. The fraction of sp³-hybridized carbons (Fsp3) is 0.148. The smallest absolute Gasteiger partial charge is 0.343 e. The molecule has 2 heterocycles. The SMILES string of the molecule is CC(Nc1nc(Cl)c2ncn(C(c3ccccc3)(c3ccccc3)c3ccccc3)c2n1)C(F)(F)F. The molecule has 182 valence electrons. The number of benzene rings is 3. The molecule has 0 saturated carbocycles. The molecule has 5 aromatic rings. The Kier molecular flexibility index (Phi) is 6.14. The van der Waals surface area contributed by atoms with Crippen LogP contribution < -0.4 is 5.32 Å². The van der Waals surface area contributed by atoms with Gasteiger partial charge in [-0.15, -0.1) is 0 Å². The second kappa shape index (κ2) is 9.28. The Balaban J connectivity index is 1.84. The van der Waals surface area contributed by atoms with Gasteiger partial charge in [-0.1, -0.05) is 103 Å². The number of nitrogens with zero attached hydrogens (tertiary/aromatic N) is 4. The van der Waals surface area contributed by atoms with E-state index in [4.69, 9.17) is 11.6 Å². The number of hydrogen-bond donors (Lipinski definition) is 1. The van der Waals surface area contributed by atoms with E-state index in [0.717, 1.165) is 23.6 Å². The number of rotatable bonds is 6. The van der Waals surface area contributed by atoms with Gasteiger partial charge in [-0.05, 0) is 23.6 Å². The number of aromatic nitrogens is 4. The zero-order valence-electron chi connectivity index (χ0n) is 19.1. The summed E-state index contributed by atoms with van der Waals surface area (Å²) in [4.78, 5) is 13.0. The molecule has 5 rings (SSSR count). The third-order valence-electron chi connectivity index (χ3n) is 6.13. The van der Waals surface area contributed by atoms with Crippen molar-refractivity contribution in [2.75, 3.05) is 5.32 Å². The maximum atomic E-state index is 13.3. The third-order valence-corrected chi connectivity index (χ3v) is 6.39. The Morgan fingerprint density at radius 1 is 0.778 bits per heavy atom. The number of hydrogen-bond acceptors (Lipinski definition) is 4. The fourth-order valence-electron chi connectivity index (χ4n) is 4.41. The van der Waals surface area contributed by atoms with E-state index in [1.165, 1.54) is 0 Å². The van der Waals surface area contributed by atoms with Crippen LogP contribution in [-0.4, -0.2) is 31.7 Å². The van der Waals surface area contributed by atoms with Crippen molar-refractivity contribution in [3.05, 3.63) is 119 Å². The normalized spacial score (nSPS) is 13.0. The monoisotopic (exact) mass is 507 g/mol. The summed E-state index contributed by atoms with van der Waals surface area (Å²) in [7, 11) is 0. The van der Waals surface area contributed by atoms with Gasteiger partial charge in [0.15, 0.2) is 10.8 Å². The van der Waals surface area contributed by atoms with Crippen molar-refractivity contribution in [1.82, 2.24) is 19.5 Å². The van der Waals surface area contributed by atoms with Crippen molar-refractivity contribution in [2.24, 2.45) is 0 Å². The summed E-state index contributed by atoms with van der Waals surface area (Å²) in [6.07, 6.45) is -2.87. The van der Waals surface area contributed by atoms with Gasteiger partial charge in [0.1, 0.15) is 17.1 Å². The number of imidazole rings is 1. The van der Waals surface area contributed by atoms with Crippen LogP contribution in [0.1, 0.15) is 23.6 Å². The van der Waals surface area contributed by atoms with E-state index >= 15 is 0 Å². The summed E-state index contributed by atoms with van der Waals surface area (Å²) in [5, 5.41) is 2.29. The van der Waals surface area contributed by atoms with Gasteiger partial charge in [0.25, 0.3) is 0 Å². The highest BCUT2D eigenvalue weighted by Gasteiger charge is 2.41. The molecule has 9 heteroatoms. The van der Waals surface area contributed by atoms with Crippen LogP contribution in [0.4, 0.5) is 19.1 Å². The molecule has 0 aliphatic carbocycles. The van der Waals surface area contributed by atoms with Crippen LogP contribution in [0.25, 0.3) is 11.2 Å². The molecule has 0 aliphatic rings. The van der Waals surface area contributed by atoms with Crippen LogP contribution in [-0.2, 0) is 5.54 Å². The molecule has 0 radical (unpaired) electrons. The van der Waals surface area contributed by atoms with Gasteiger partial charge in [-0.3, -0.25) is 4.57 Å². The number of halogens is 4. The highest BCUT2D eigenvalue weighted by Crippen LogP contribution is 2.42. The fourth-order valence-corrected chi connectivity index (χ4v) is 4.62. The molecule has 1 unspecified atom stereocenters. The largest absolute Gasteiger partial charge is 0.408 e. The number of anilines is 1. The summed E-state index contributed by atoms with van der Waals surface area (Å²) >= 11 is 6.41. The maximum absolute atomic E-state index is 13.3. The first-order valence-corrected chi connectivity index (χ1v) is 11.6. The third kappa shape index (κ3) is 4.07. The number of alkyl halides is 3. The first kappa shape index (κ1) is 23.8. The van der Waals surface area contributed by atoms with Gasteiger partial charge >= 0.3 is 6.18 Å². The summed E-state index contributed by atoms with van der Waals surface area (Å²) in [6.45, 7) is 1.00. The first-order valence-electron chi connectivity index (χ1n) is 11.2. The van der Waals surface area contributed by atoms with Crippen LogP contribution in [0.5, 0.6) is 0 Å². The summed E-state index contributed by atoms with van der Waals surface area (Å²) in [5.74, 6) is -0.234. The van der Waals surface area contributed by atoms with Gasteiger partial charge in [0, 0.05) is 0 Å². The second-order valence-corrected chi connectivity index (χ2v) is 8.70. The van der Waals surface area contributed by atoms with Crippen LogP contribution in [0.2, 0.25) is 5.15 Å². The van der Waals surface area contributed by atoms with E-state index in [-0.39, 0.29) is 16.6 Å². The predicted molar refractivity (Wildman–Crippen MR) is 134 cm³/mol. The van der Waals surface area contributed by atoms with Gasteiger partial charge in [0.2, 0.25) is 5.95 Å². The molecule has 0 saturated heterocycles. The Morgan fingerprint density at radius 3 is 1.69 bits per heavy atom. The molecule has 36 heavy (non-hydrogen) atoms. The zero-order chi connectivity index (χ0) is 25.3. The summed E-state index contributed by atoms with van der Waals surface area (Å²) < 4.78 is 41.6. The van der Waals surface area contributed by atoms with E-state index < -0.39 is 17.8 Å². The molecular weight excluding hydrogens is 487 g/mol. The van der Waals surface area contributed by atoms with Crippen LogP contribution in [0.3, 0.4) is 0 Å². The summed E-state index contributed by atoms with van der Waals surface area (Å²) in [5.41, 5.74) is 2.36. The molecule has 1 atom stereocenters. The van der Waals surface area contributed by atoms with Crippen LogP contribution >= 0.6 is 11.6 Å². The number of fused-ring (bicyclic) bond motifs is 1. The topological polar surface area (TPSA) is 55.6 Å². The van der Waals surface area contributed by atoms with Crippen LogP contribution in [0, 0.1) is 0 Å². The maximum Gasteiger partial charge on any atom is 0.408 e. The standard InChI is InChI=1S/C27H21ClF3N5/c1-18(27(29,30)31)33-25-34-23(28)22-24(35-25)36(17-32-22)26(19-11-5-2-6-12-19,20-13-7-3-8-14-20)21-15-9-4-10-16-21/h2-18H,1H3,(H,33,34,35). The van der Waals surface area contributed by atoms with Gasteiger partial charge in [-0.25, -0.2) is 4.98 Å². The molecule has 3 aromatic carbocycles. The second-order valence-electron chi connectivity index (χ2n) is 8.34. The van der Waals surface area contributed by atoms with E-state index in [1.54, 1.807) is 6.33 Å². The average molecular weight is 508 g/mol. The Morgan fingerprint density at radius 2 is 1.25 bits per heavy atom. The van der Waals surface area contributed by atoms with Crippen molar-refractivity contribution in [3.63, 3.8) is 0 Å². The van der Waals surface area contributed by atoms with Crippen molar-refractivity contribution in [3.8, 4) is 0 Å². The van der Waals surface area contributed by atoms with Gasteiger partial charge in [0.05, 0.1) is 6.33 Å². The van der Waals surface area contributed by atoms with Crippen molar-refractivity contribution >= 4 is 28.7 Å². The minimum absolute atomic E-state index is 0.0429. The molecule has 0 fully saturated rings. The minimum atomic E-state index is -4.48. The summed E-state index contributed by atoms with van der Waals surface area (Å²) in [6, 6.07) is 27.5.